The number of hydrazine groups is 1. The second-order valence-electron chi connectivity index (χ2n) is 8.69. The number of anilines is 1. The zero-order valence-electron chi connectivity index (χ0n) is 19.3. The van der Waals surface area contributed by atoms with E-state index < -0.39 is 42.0 Å². The molecule has 1 saturated heterocycles. The quantitative estimate of drug-likeness (QED) is 0.445. The highest BCUT2D eigenvalue weighted by molar-refractivity contribution is 6.31. The number of carbonyl (C=O) groups is 1. The minimum atomic E-state index is -4.70. The van der Waals surface area contributed by atoms with Crippen LogP contribution >= 0.6 is 11.6 Å². The number of hydrogen-bond donors (Lipinski definition) is 3. The summed E-state index contributed by atoms with van der Waals surface area (Å²) in [6.07, 6.45) is -7.56. The molecule has 1 fully saturated rings. The largest absolute Gasteiger partial charge is 0.434 e. The van der Waals surface area contributed by atoms with Crippen molar-refractivity contribution in [1.29, 1.82) is 0 Å². The summed E-state index contributed by atoms with van der Waals surface area (Å²) in [7, 11) is 0. The van der Waals surface area contributed by atoms with Crippen molar-refractivity contribution in [1.82, 2.24) is 35.9 Å². The Kier molecular flexibility index (Phi) is 7.83. The van der Waals surface area contributed by atoms with E-state index in [-0.39, 0.29) is 32.1 Å². The molecular weight excluding hydrogens is 534 g/mol. The second-order valence-corrected chi connectivity index (χ2v) is 9.07. The summed E-state index contributed by atoms with van der Waals surface area (Å²) >= 11 is 6.47. The van der Waals surface area contributed by atoms with E-state index in [9.17, 15) is 31.1 Å². The predicted molar refractivity (Wildman–Crippen MR) is 117 cm³/mol. The first kappa shape index (κ1) is 27.3. The van der Waals surface area contributed by atoms with Gasteiger partial charge in [0.25, 0.3) is 0 Å². The molecule has 37 heavy (non-hydrogen) atoms. The van der Waals surface area contributed by atoms with Crippen molar-refractivity contribution in [2.45, 2.75) is 51.1 Å². The summed E-state index contributed by atoms with van der Waals surface area (Å²) in [5.41, 5.74) is 4.38. The molecule has 2 aliphatic heterocycles. The maximum atomic E-state index is 13.3. The van der Waals surface area contributed by atoms with Gasteiger partial charge in [0.05, 0.1) is 49.4 Å². The standard InChI is InChI=1S/C20H23ClF6N8O2/c1-10(31-11-4-30-32-18(36)16(11)20(25,26)27)8-37-9-12-17(21)13-7-34(2-3-35(13)33-12)15-6-28-14(5-29-15)19(22,23)24/h5-6,10-11,16,30-31H,2-4,7-9H2,1H3,(H,32,36)/t10-,11?,16?/m0/s1. The zero-order valence-corrected chi connectivity index (χ0v) is 20.1. The molecule has 0 aliphatic carbocycles. The van der Waals surface area contributed by atoms with Crippen LogP contribution in [-0.2, 0) is 35.4 Å². The number of carbonyl (C=O) groups excluding carboxylic acids is 1. The molecule has 204 valence electrons. The first-order valence-electron chi connectivity index (χ1n) is 11.2. The molecule has 0 aromatic carbocycles. The number of amides is 1. The average Bonchev–Trinajstić information content (AvgIpc) is 3.12. The van der Waals surface area contributed by atoms with E-state index in [1.54, 1.807) is 16.5 Å². The molecule has 4 rings (SSSR count). The van der Waals surface area contributed by atoms with Crippen LogP contribution in [-0.4, -0.2) is 63.6 Å². The van der Waals surface area contributed by atoms with Crippen molar-refractivity contribution in [3.63, 3.8) is 0 Å². The summed E-state index contributed by atoms with van der Waals surface area (Å²) in [4.78, 5) is 20.7. The van der Waals surface area contributed by atoms with Gasteiger partial charge in [-0.2, -0.15) is 31.4 Å². The van der Waals surface area contributed by atoms with E-state index in [1.165, 1.54) is 0 Å². The topological polar surface area (TPSA) is 109 Å². The number of ether oxygens (including phenoxy) is 1. The van der Waals surface area contributed by atoms with Gasteiger partial charge in [-0.1, -0.05) is 11.6 Å². The van der Waals surface area contributed by atoms with Crippen molar-refractivity contribution in [2.24, 2.45) is 5.92 Å². The van der Waals surface area contributed by atoms with Crippen molar-refractivity contribution in [3.05, 3.63) is 34.5 Å². The van der Waals surface area contributed by atoms with E-state index >= 15 is 0 Å². The van der Waals surface area contributed by atoms with Crippen molar-refractivity contribution < 1.29 is 35.9 Å². The molecule has 0 bridgehead atoms. The van der Waals surface area contributed by atoms with Crippen LogP contribution in [0.5, 0.6) is 0 Å². The first-order valence-corrected chi connectivity index (χ1v) is 11.5. The highest BCUT2D eigenvalue weighted by atomic mass is 35.5. The molecular formula is C20H23ClF6N8O2. The minimum Gasteiger partial charge on any atom is -0.373 e. The van der Waals surface area contributed by atoms with Gasteiger partial charge in [0.2, 0.25) is 5.91 Å². The van der Waals surface area contributed by atoms with Crippen molar-refractivity contribution >= 4 is 23.3 Å². The number of hydrogen-bond acceptors (Lipinski definition) is 8. The number of nitrogens with zero attached hydrogens (tertiary/aromatic N) is 5. The molecule has 0 saturated carbocycles. The third kappa shape index (κ3) is 6.25. The van der Waals surface area contributed by atoms with Crippen molar-refractivity contribution in [2.75, 3.05) is 24.6 Å². The van der Waals surface area contributed by atoms with Gasteiger partial charge in [0.15, 0.2) is 11.6 Å². The van der Waals surface area contributed by atoms with Crippen LogP contribution in [0.25, 0.3) is 0 Å². The van der Waals surface area contributed by atoms with E-state index in [0.717, 1.165) is 6.20 Å². The van der Waals surface area contributed by atoms with Crippen LogP contribution in [0, 0.1) is 5.92 Å². The second kappa shape index (κ2) is 10.6. The Morgan fingerprint density at radius 2 is 1.97 bits per heavy atom. The fourth-order valence-corrected chi connectivity index (χ4v) is 4.41. The highest BCUT2D eigenvalue weighted by Crippen LogP contribution is 2.31. The molecule has 1 amide bonds. The Morgan fingerprint density at radius 1 is 1.22 bits per heavy atom. The lowest BCUT2D eigenvalue weighted by molar-refractivity contribution is -0.193. The van der Waals surface area contributed by atoms with Gasteiger partial charge in [-0.05, 0) is 6.92 Å². The van der Waals surface area contributed by atoms with E-state index in [0.29, 0.717) is 35.7 Å². The molecule has 0 spiro atoms. The molecule has 3 atom stereocenters. The van der Waals surface area contributed by atoms with Gasteiger partial charge >= 0.3 is 12.4 Å². The predicted octanol–water partition coefficient (Wildman–Crippen LogP) is 2.04. The van der Waals surface area contributed by atoms with Crippen LogP contribution in [0.1, 0.15) is 24.0 Å². The Labute approximate surface area is 211 Å². The van der Waals surface area contributed by atoms with Crippen LogP contribution in [0.15, 0.2) is 12.4 Å². The smallest absolute Gasteiger partial charge is 0.373 e. The monoisotopic (exact) mass is 556 g/mol. The Balaban J connectivity index is 1.32. The molecule has 3 N–H and O–H groups in total. The van der Waals surface area contributed by atoms with Crippen LogP contribution in [0.3, 0.4) is 0 Å². The van der Waals surface area contributed by atoms with Gasteiger partial charge in [0.1, 0.15) is 11.5 Å². The number of nitrogens with one attached hydrogen (secondary N) is 3. The average molecular weight is 557 g/mol. The summed E-state index contributed by atoms with van der Waals surface area (Å²) < 4.78 is 85.3. The summed E-state index contributed by atoms with van der Waals surface area (Å²) in [5, 5.41) is 7.50. The van der Waals surface area contributed by atoms with E-state index in [1.807, 2.05) is 5.43 Å². The molecule has 2 aromatic rings. The lowest BCUT2D eigenvalue weighted by Crippen LogP contribution is -2.64. The summed E-state index contributed by atoms with van der Waals surface area (Å²) in [5.74, 6) is -3.09. The molecule has 10 nitrogen and oxygen atoms in total. The van der Waals surface area contributed by atoms with Gasteiger partial charge in [-0.15, -0.1) is 0 Å². The molecule has 17 heteroatoms. The van der Waals surface area contributed by atoms with Gasteiger partial charge in [-0.25, -0.2) is 15.4 Å². The van der Waals surface area contributed by atoms with E-state index in [4.69, 9.17) is 16.3 Å². The Morgan fingerprint density at radius 3 is 2.62 bits per heavy atom. The third-order valence-corrected chi connectivity index (χ3v) is 6.35. The zero-order chi connectivity index (χ0) is 27.0. The molecule has 2 aromatic heterocycles. The van der Waals surface area contributed by atoms with Gasteiger partial charge < -0.3 is 15.0 Å². The fraction of sp³-hybridized carbons (Fsp3) is 0.600. The van der Waals surface area contributed by atoms with Crippen LogP contribution < -0.4 is 21.1 Å². The van der Waals surface area contributed by atoms with Crippen molar-refractivity contribution in [3.8, 4) is 0 Å². The molecule has 0 radical (unpaired) electrons. The lowest BCUT2D eigenvalue weighted by atomic mass is 9.96. The molecule has 2 aliphatic rings. The normalized spacial score (nSPS) is 21.5. The lowest BCUT2D eigenvalue weighted by Gasteiger charge is -2.35. The number of alkyl halides is 6. The number of fused-ring (bicyclic) bond motifs is 1. The van der Waals surface area contributed by atoms with Gasteiger partial charge in [0, 0.05) is 25.2 Å². The van der Waals surface area contributed by atoms with Gasteiger partial charge in [-0.3, -0.25) is 14.9 Å². The Bertz CT molecular complexity index is 1110. The first-order chi connectivity index (χ1) is 17.3. The van der Waals surface area contributed by atoms with Crippen LogP contribution in [0.2, 0.25) is 5.02 Å². The number of rotatable bonds is 7. The molecule has 4 heterocycles. The summed E-state index contributed by atoms with van der Waals surface area (Å²) in [6.45, 7) is 2.56. The Hall–Kier alpha value is -2.69. The minimum absolute atomic E-state index is 0.0168. The highest BCUT2D eigenvalue weighted by Gasteiger charge is 2.51. The summed E-state index contributed by atoms with van der Waals surface area (Å²) in [6, 6.07) is -1.69. The molecule has 2 unspecified atom stereocenters. The fourth-order valence-electron chi connectivity index (χ4n) is 4.16. The third-order valence-electron chi connectivity index (χ3n) is 5.91. The maximum absolute atomic E-state index is 13.3. The van der Waals surface area contributed by atoms with Crippen LogP contribution in [0.4, 0.5) is 32.2 Å². The van der Waals surface area contributed by atoms with E-state index in [2.05, 4.69) is 25.8 Å². The maximum Gasteiger partial charge on any atom is 0.434 e. The SMILES string of the molecule is C[C@@H](COCc1nn2c(c1Cl)CN(c1cnc(C(F)(F)F)cn1)CC2)NC1CNNC(=O)C1C(F)(F)F. The number of halogens is 7. The number of aromatic nitrogens is 4.